The molecule has 0 unspecified atom stereocenters. The summed E-state index contributed by atoms with van der Waals surface area (Å²) >= 11 is 0. The maximum absolute atomic E-state index is 5.33. The van der Waals surface area contributed by atoms with Gasteiger partial charge in [-0.2, -0.15) is 0 Å². The van der Waals surface area contributed by atoms with Crippen LogP contribution in [0.3, 0.4) is 0 Å². The molecular formula is C12H22N2O. The molecule has 0 spiro atoms. The fraction of sp³-hybridized carbons (Fsp3) is 0.667. The molecule has 0 bridgehead atoms. The van der Waals surface area contributed by atoms with Crippen LogP contribution in [0.5, 0.6) is 0 Å². The summed E-state index contributed by atoms with van der Waals surface area (Å²) < 4.78 is 5.33. The lowest BCUT2D eigenvalue weighted by Crippen LogP contribution is -2.31. The summed E-state index contributed by atoms with van der Waals surface area (Å²) in [5, 5.41) is 3.41. The van der Waals surface area contributed by atoms with E-state index in [1.165, 1.54) is 6.42 Å². The van der Waals surface area contributed by atoms with Crippen LogP contribution in [0.1, 0.15) is 26.0 Å². The molecule has 3 nitrogen and oxygen atoms in total. The van der Waals surface area contributed by atoms with Gasteiger partial charge in [-0.1, -0.05) is 13.8 Å². The Morgan fingerprint density at radius 3 is 2.80 bits per heavy atom. The van der Waals surface area contributed by atoms with Gasteiger partial charge in [0.2, 0.25) is 0 Å². The van der Waals surface area contributed by atoms with Gasteiger partial charge in [0, 0.05) is 13.1 Å². The molecule has 0 aliphatic heterocycles. The van der Waals surface area contributed by atoms with Crippen LogP contribution in [0, 0.1) is 0 Å². The number of furan rings is 1. The Labute approximate surface area is 92.5 Å². The summed E-state index contributed by atoms with van der Waals surface area (Å²) in [4.78, 5) is 2.38. The fourth-order valence-electron chi connectivity index (χ4n) is 1.51. The second-order valence-corrected chi connectivity index (χ2v) is 3.70. The molecule has 0 aromatic carbocycles. The minimum Gasteiger partial charge on any atom is -0.468 e. The standard InChI is InChI=1S/C12H22N2O/c1-3-7-13-8-9-14(4-2)11-12-6-5-10-15-12/h5-6,10,13H,3-4,7-9,11H2,1-2H3. The van der Waals surface area contributed by atoms with Gasteiger partial charge in [-0.15, -0.1) is 0 Å². The highest BCUT2D eigenvalue weighted by Gasteiger charge is 2.04. The quantitative estimate of drug-likeness (QED) is 0.666. The number of likely N-dealkylation sites (N-methyl/N-ethyl adjacent to an activating group) is 1. The molecule has 1 aromatic heterocycles. The number of nitrogens with one attached hydrogen (secondary N) is 1. The van der Waals surface area contributed by atoms with E-state index in [0.29, 0.717) is 0 Å². The summed E-state index contributed by atoms with van der Waals surface area (Å²) in [6.07, 6.45) is 2.93. The average molecular weight is 210 g/mol. The molecule has 1 rings (SSSR count). The fourth-order valence-corrected chi connectivity index (χ4v) is 1.51. The minimum atomic E-state index is 0.914. The summed E-state index contributed by atoms with van der Waals surface area (Å²) in [6.45, 7) is 9.60. The molecule has 0 saturated carbocycles. The lowest BCUT2D eigenvalue weighted by molar-refractivity contribution is 0.256. The molecule has 3 heteroatoms. The lowest BCUT2D eigenvalue weighted by atomic mass is 10.4. The van der Waals surface area contributed by atoms with Crippen molar-refractivity contribution in [3.63, 3.8) is 0 Å². The largest absolute Gasteiger partial charge is 0.468 e. The summed E-state index contributed by atoms with van der Waals surface area (Å²) in [6, 6.07) is 3.97. The zero-order valence-corrected chi connectivity index (χ0v) is 9.83. The molecule has 0 atom stereocenters. The van der Waals surface area contributed by atoms with Crippen molar-refractivity contribution in [1.82, 2.24) is 10.2 Å². The zero-order chi connectivity index (χ0) is 10.9. The van der Waals surface area contributed by atoms with Gasteiger partial charge in [-0.3, -0.25) is 4.90 Å². The summed E-state index contributed by atoms with van der Waals surface area (Å²) in [7, 11) is 0. The maximum Gasteiger partial charge on any atom is 0.117 e. The van der Waals surface area contributed by atoms with Crippen molar-refractivity contribution in [2.45, 2.75) is 26.8 Å². The van der Waals surface area contributed by atoms with Gasteiger partial charge in [-0.25, -0.2) is 0 Å². The predicted octanol–water partition coefficient (Wildman–Crippen LogP) is 2.10. The van der Waals surface area contributed by atoms with Crippen LogP contribution in [0.4, 0.5) is 0 Å². The summed E-state index contributed by atoms with van der Waals surface area (Å²) in [5.41, 5.74) is 0. The Morgan fingerprint density at radius 2 is 2.20 bits per heavy atom. The van der Waals surface area contributed by atoms with Crippen LogP contribution >= 0.6 is 0 Å². The van der Waals surface area contributed by atoms with Crippen molar-refractivity contribution in [3.05, 3.63) is 24.2 Å². The van der Waals surface area contributed by atoms with Crippen LogP contribution in [0.25, 0.3) is 0 Å². The molecule has 0 aliphatic rings. The van der Waals surface area contributed by atoms with E-state index in [1.54, 1.807) is 6.26 Å². The van der Waals surface area contributed by atoms with Gasteiger partial charge in [0.25, 0.3) is 0 Å². The number of nitrogens with zero attached hydrogens (tertiary/aromatic N) is 1. The molecule has 0 saturated heterocycles. The lowest BCUT2D eigenvalue weighted by Gasteiger charge is -2.19. The van der Waals surface area contributed by atoms with Crippen molar-refractivity contribution < 1.29 is 4.42 Å². The van der Waals surface area contributed by atoms with E-state index in [1.807, 2.05) is 12.1 Å². The van der Waals surface area contributed by atoms with E-state index in [9.17, 15) is 0 Å². The van der Waals surface area contributed by atoms with Gasteiger partial charge >= 0.3 is 0 Å². The van der Waals surface area contributed by atoms with Gasteiger partial charge in [0.15, 0.2) is 0 Å². The molecule has 0 fully saturated rings. The first-order valence-corrected chi connectivity index (χ1v) is 5.82. The molecule has 0 radical (unpaired) electrons. The van der Waals surface area contributed by atoms with Crippen LogP contribution < -0.4 is 5.32 Å². The van der Waals surface area contributed by atoms with E-state index in [-0.39, 0.29) is 0 Å². The topological polar surface area (TPSA) is 28.4 Å². The minimum absolute atomic E-state index is 0.914. The molecule has 0 amide bonds. The first kappa shape index (κ1) is 12.3. The van der Waals surface area contributed by atoms with Crippen molar-refractivity contribution in [2.24, 2.45) is 0 Å². The molecular weight excluding hydrogens is 188 g/mol. The van der Waals surface area contributed by atoms with Gasteiger partial charge in [0.1, 0.15) is 5.76 Å². The van der Waals surface area contributed by atoms with Gasteiger partial charge < -0.3 is 9.73 Å². The second-order valence-electron chi connectivity index (χ2n) is 3.70. The van der Waals surface area contributed by atoms with E-state index in [2.05, 4.69) is 24.1 Å². The third kappa shape index (κ3) is 5.00. The normalized spacial score (nSPS) is 11.1. The predicted molar refractivity (Wildman–Crippen MR) is 62.8 cm³/mol. The highest BCUT2D eigenvalue weighted by Crippen LogP contribution is 2.04. The summed E-state index contributed by atoms with van der Waals surface area (Å²) in [5.74, 6) is 1.05. The molecule has 15 heavy (non-hydrogen) atoms. The second kappa shape index (κ2) is 7.49. The first-order valence-electron chi connectivity index (χ1n) is 5.82. The maximum atomic E-state index is 5.33. The molecule has 0 aliphatic carbocycles. The van der Waals surface area contributed by atoms with Gasteiger partial charge in [0.05, 0.1) is 12.8 Å². The zero-order valence-electron chi connectivity index (χ0n) is 9.83. The third-order valence-corrected chi connectivity index (χ3v) is 2.44. The molecule has 1 heterocycles. The Morgan fingerprint density at radius 1 is 1.33 bits per heavy atom. The van der Waals surface area contributed by atoms with E-state index in [0.717, 1.165) is 38.5 Å². The SMILES string of the molecule is CCCNCCN(CC)Cc1ccco1. The number of hydrogen-bond acceptors (Lipinski definition) is 3. The highest BCUT2D eigenvalue weighted by atomic mass is 16.3. The monoisotopic (exact) mass is 210 g/mol. The number of rotatable bonds is 8. The Kier molecular flexibility index (Phi) is 6.12. The molecule has 1 N–H and O–H groups in total. The van der Waals surface area contributed by atoms with E-state index in [4.69, 9.17) is 4.42 Å². The Bertz CT molecular complexity index is 234. The van der Waals surface area contributed by atoms with Crippen molar-refractivity contribution in [1.29, 1.82) is 0 Å². The Hall–Kier alpha value is -0.800. The van der Waals surface area contributed by atoms with E-state index >= 15 is 0 Å². The molecule has 1 aromatic rings. The van der Waals surface area contributed by atoms with Gasteiger partial charge in [-0.05, 0) is 31.6 Å². The van der Waals surface area contributed by atoms with Crippen LogP contribution in [-0.4, -0.2) is 31.1 Å². The van der Waals surface area contributed by atoms with Crippen molar-refractivity contribution >= 4 is 0 Å². The molecule has 86 valence electrons. The van der Waals surface area contributed by atoms with E-state index < -0.39 is 0 Å². The number of hydrogen-bond donors (Lipinski definition) is 1. The van der Waals surface area contributed by atoms with Crippen LogP contribution in [-0.2, 0) is 6.54 Å². The third-order valence-electron chi connectivity index (χ3n) is 2.44. The average Bonchev–Trinajstić information content (AvgIpc) is 2.75. The van der Waals surface area contributed by atoms with Crippen LogP contribution in [0.2, 0.25) is 0 Å². The Balaban J connectivity index is 2.18. The highest BCUT2D eigenvalue weighted by molar-refractivity contribution is 4.97. The van der Waals surface area contributed by atoms with Crippen molar-refractivity contribution in [3.8, 4) is 0 Å². The first-order chi connectivity index (χ1) is 7.36. The van der Waals surface area contributed by atoms with Crippen molar-refractivity contribution in [2.75, 3.05) is 26.2 Å². The smallest absolute Gasteiger partial charge is 0.117 e. The van der Waals surface area contributed by atoms with Crippen LogP contribution in [0.15, 0.2) is 22.8 Å².